The van der Waals surface area contributed by atoms with Gasteiger partial charge in [-0.2, -0.15) is 0 Å². The number of nitrogens with zero attached hydrogens (tertiary/aromatic N) is 2. The van der Waals surface area contributed by atoms with Crippen molar-refractivity contribution in [2.45, 2.75) is 52.2 Å². The molecule has 0 spiro atoms. The van der Waals surface area contributed by atoms with Crippen LogP contribution in [0.4, 0.5) is 0 Å². The van der Waals surface area contributed by atoms with Crippen molar-refractivity contribution >= 4 is 44.0 Å². The summed E-state index contributed by atoms with van der Waals surface area (Å²) in [6.45, 7) is 7.14. The zero-order valence-corrected chi connectivity index (χ0v) is 15.2. The maximum absolute atomic E-state index is 6.06. The normalized spacial score (nSPS) is 16.8. The summed E-state index contributed by atoms with van der Waals surface area (Å²) in [6, 6.07) is 0. The van der Waals surface area contributed by atoms with Crippen molar-refractivity contribution in [2.24, 2.45) is 0 Å². The molecule has 0 unspecified atom stereocenters. The average molecular weight is 345 g/mol. The highest BCUT2D eigenvalue weighted by Crippen LogP contribution is 2.40. The van der Waals surface area contributed by atoms with E-state index >= 15 is 0 Å². The van der Waals surface area contributed by atoms with Crippen LogP contribution in [0.2, 0.25) is 0 Å². The fourth-order valence-electron chi connectivity index (χ4n) is 3.35. The smallest absolute Gasteiger partial charge is 0.147 e. The van der Waals surface area contributed by atoms with Gasteiger partial charge in [-0.25, -0.2) is 9.97 Å². The van der Waals surface area contributed by atoms with Crippen LogP contribution in [0, 0.1) is 4.64 Å². The summed E-state index contributed by atoms with van der Waals surface area (Å²) in [4.78, 5) is 13.5. The zero-order chi connectivity index (χ0) is 16.2. The molecule has 3 aromatic rings. The summed E-state index contributed by atoms with van der Waals surface area (Å²) in [5.41, 5.74) is 4.75. The van der Waals surface area contributed by atoms with Gasteiger partial charge in [-0.1, -0.05) is 25.6 Å². The van der Waals surface area contributed by atoms with Gasteiger partial charge in [0.2, 0.25) is 0 Å². The molecule has 0 bridgehead atoms. The average Bonchev–Trinajstić information content (AvgIpc) is 2.86. The van der Waals surface area contributed by atoms with Gasteiger partial charge in [0.15, 0.2) is 0 Å². The molecule has 0 aliphatic carbocycles. The number of aryl methyl sites for hydroxylation is 1. The fourth-order valence-corrected chi connectivity index (χ4v) is 4.71. The molecule has 0 atom stereocenters. The van der Waals surface area contributed by atoms with E-state index in [1.807, 2.05) is 0 Å². The molecule has 4 heterocycles. The molecule has 4 rings (SSSR count). The van der Waals surface area contributed by atoms with Crippen molar-refractivity contribution < 1.29 is 4.74 Å². The number of thiophene rings is 1. The Morgan fingerprint density at radius 2 is 2.22 bits per heavy atom. The highest BCUT2D eigenvalue weighted by molar-refractivity contribution is 7.71. The fraction of sp³-hybridized carbons (Fsp3) is 0.471. The first-order valence-electron chi connectivity index (χ1n) is 7.94. The van der Waals surface area contributed by atoms with E-state index in [4.69, 9.17) is 21.9 Å². The van der Waals surface area contributed by atoms with Gasteiger partial charge >= 0.3 is 0 Å². The number of fused-ring (bicyclic) bond motifs is 5. The van der Waals surface area contributed by atoms with Crippen LogP contribution in [0.25, 0.3) is 20.4 Å². The molecule has 6 heteroatoms. The first kappa shape index (κ1) is 15.2. The lowest BCUT2D eigenvalue weighted by molar-refractivity contribution is -0.0401. The minimum atomic E-state index is -0.150. The Morgan fingerprint density at radius 3 is 3.00 bits per heavy atom. The minimum absolute atomic E-state index is 0.150. The van der Waals surface area contributed by atoms with Crippen LogP contribution in [0.1, 0.15) is 44.0 Å². The van der Waals surface area contributed by atoms with Gasteiger partial charge < -0.3 is 9.72 Å². The van der Waals surface area contributed by atoms with E-state index in [9.17, 15) is 0 Å². The highest BCUT2D eigenvalue weighted by atomic mass is 32.1. The second-order valence-corrected chi connectivity index (χ2v) is 8.07. The van der Waals surface area contributed by atoms with E-state index in [1.54, 1.807) is 17.7 Å². The van der Waals surface area contributed by atoms with E-state index < -0.39 is 0 Å². The van der Waals surface area contributed by atoms with Crippen LogP contribution in [-0.4, -0.2) is 20.6 Å². The molecule has 23 heavy (non-hydrogen) atoms. The summed E-state index contributed by atoms with van der Waals surface area (Å²) in [6.07, 6.45) is 4.65. The Balaban J connectivity index is 2.13. The van der Waals surface area contributed by atoms with E-state index in [0.717, 1.165) is 34.3 Å². The number of hydrogen-bond donors (Lipinski definition) is 1. The predicted octanol–water partition coefficient (Wildman–Crippen LogP) is 4.71. The number of nitrogens with one attached hydrogen (secondary N) is 1. The Kier molecular flexibility index (Phi) is 3.51. The standard InChI is InChI=1S/C17H19N3OS2/c1-4-5-11-10-7-21-17(2,3)6-9(10)12-13-14(23-16(12)20-11)15(22)19-8-18-13/h8H,4-7H2,1-3H3,(H,18,19,22). The van der Waals surface area contributed by atoms with Crippen LogP contribution in [0.3, 0.4) is 0 Å². The lowest BCUT2D eigenvalue weighted by Crippen LogP contribution is -2.32. The first-order valence-corrected chi connectivity index (χ1v) is 9.17. The molecule has 0 aromatic carbocycles. The molecule has 0 amide bonds. The molecule has 1 aliphatic heterocycles. The summed E-state index contributed by atoms with van der Waals surface area (Å²) < 4.78 is 7.74. The number of aromatic nitrogens is 3. The van der Waals surface area contributed by atoms with Crippen molar-refractivity contribution in [2.75, 3.05) is 0 Å². The minimum Gasteiger partial charge on any atom is -0.370 e. The third-order valence-corrected chi connectivity index (χ3v) is 5.95. The van der Waals surface area contributed by atoms with E-state index in [2.05, 4.69) is 30.7 Å². The number of pyridine rings is 1. The highest BCUT2D eigenvalue weighted by Gasteiger charge is 2.31. The summed E-state index contributed by atoms with van der Waals surface area (Å²) in [7, 11) is 0. The number of hydrogen-bond acceptors (Lipinski definition) is 5. The second kappa shape index (κ2) is 5.33. The molecular weight excluding hydrogens is 326 g/mol. The molecule has 120 valence electrons. The van der Waals surface area contributed by atoms with E-state index in [-0.39, 0.29) is 5.60 Å². The molecule has 4 nitrogen and oxygen atoms in total. The van der Waals surface area contributed by atoms with Crippen LogP contribution in [0.5, 0.6) is 0 Å². The number of aromatic amines is 1. The van der Waals surface area contributed by atoms with Crippen molar-refractivity contribution in [1.82, 2.24) is 15.0 Å². The van der Waals surface area contributed by atoms with Gasteiger partial charge in [0.25, 0.3) is 0 Å². The van der Waals surface area contributed by atoms with Crippen molar-refractivity contribution in [1.29, 1.82) is 0 Å². The summed E-state index contributed by atoms with van der Waals surface area (Å²) in [5, 5.41) is 1.21. The topological polar surface area (TPSA) is 50.8 Å². The molecule has 1 N–H and O–H groups in total. The van der Waals surface area contributed by atoms with Gasteiger partial charge in [-0.15, -0.1) is 11.3 Å². The summed E-state index contributed by atoms with van der Waals surface area (Å²) >= 11 is 7.06. The Hall–Kier alpha value is -1.37. The van der Waals surface area contributed by atoms with Crippen LogP contribution in [-0.2, 0) is 24.2 Å². The second-order valence-electron chi connectivity index (χ2n) is 6.68. The van der Waals surface area contributed by atoms with Gasteiger partial charge in [0, 0.05) is 23.1 Å². The predicted molar refractivity (Wildman–Crippen MR) is 96.7 cm³/mol. The lowest BCUT2D eigenvalue weighted by Gasteiger charge is -2.33. The van der Waals surface area contributed by atoms with Crippen molar-refractivity contribution in [3.8, 4) is 0 Å². The Bertz CT molecular complexity index is 971. The van der Waals surface area contributed by atoms with Gasteiger partial charge in [0.05, 0.1) is 28.8 Å². The van der Waals surface area contributed by atoms with Gasteiger partial charge in [0.1, 0.15) is 9.47 Å². The summed E-state index contributed by atoms with van der Waals surface area (Å²) in [5.74, 6) is 0. The molecule has 0 radical (unpaired) electrons. The maximum atomic E-state index is 6.06. The Labute approximate surface area is 143 Å². The number of rotatable bonds is 2. The van der Waals surface area contributed by atoms with Crippen LogP contribution < -0.4 is 0 Å². The molecule has 3 aromatic heterocycles. The largest absolute Gasteiger partial charge is 0.370 e. The lowest BCUT2D eigenvalue weighted by atomic mass is 9.88. The van der Waals surface area contributed by atoms with Crippen LogP contribution >= 0.6 is 23.6 Å². The van der Waals surface area contributed by atoms with Gasteiger partial charge in [-0.3, -0.25) is 0 Å². The molecular formula is C17H19N3OS2. The first-order chi connectivity index (χ1) is 11.0. The Morgan fingerprint density at radius 1 is 1.39 bits per heavy atom. The molecule has 0 saturated heterocycles. The third kappa shape index (κ3) is 2.40. The molecule has 1 aliphatic rings. The molecule has 0 fully saturated rings. The van der Waals surface area contributed by atoms with E-state index in [0.29, 0.717) is 11.2 Å². The van der Waals surface area contributed by atoms with E-state index in [1.165, 1.54) is 22.2 Å². The van der Waals surface area contributed by atoms with Crippen LogP contribution in [0.15, 0.2) is 6.33 Å². The SMILES string of the molecule is CCCc1nc2sc3c(=S)nc[nH]c3c2c2c1COC(C)(C)C2. The van der Waals surface area contributed by atoms with Crippen molar-refractivity contribution in [3.63, 3.8) is 0 Å². The monoisotopic (exact) mass is 345 g/mol. The quantitative estimate of drug-likeness (QED) is 0.684. The molecule has 0 saturated carbocycles. The van der Waals surface area contributed by atoms with Gasteiger partial charge in [-0.05, 0) is 25.8 Å². The maximum Gasteiger partial charge on any atom is 0.147 e. The van der Waals surface area contributed by atoms with Crippen molar-refractivity contribution in [3.05, 3.63) is 27.8 Å². The zero-order valence-electron chi connectivity index (χ0n) is 13.5. The number of H-pyrrole nitrogens is 1. The number of ether oxygens (including phenoxy) is 1. The third-order valence-electron chi connectivity index (χ3n) is 4.42.